The highest BCUT2D eigenvalue weighted by Gasteiger charge is 2.37. The number of rotatable bonds is 5. The SMILES string of the molecule is CC(C)CN(Cc1ccc(Cl)cc1Cl)[C@@H]1CN2CCC1CC2. The van der Waals surface area contributed by atoms with Crippen LogP contribution in [0.15, 0.2) is 18.2 Å². The van der Waals surface area contributed by atoms with Crippen molar-refractivity contribution in [2.75, 3.05) is 26.2 Å². The van der Waals surface area contributed by atoms with Crippen LogP contribution >= 0.6 is 23.2 Å². The van der Waals surface area contributed by atoms with Crippen LogP contribution in [0, 0.1) is 11.8 Å². The minimum Gasteiger partial charge on any atom is -0.302 e. The highest BCUT2D eigenvalue weighted by atomic mass is 35.5. The molecule has 0 unspecified atom stereocenters. The van der Waals surface area contributed by atoms with Crippen LogP contribution < -0.4 is 0 Å². The van der Waals surface area contributed by atoms with Crippen molar-refractivity contribution >= 4 is 23.2 Å². The number of hydrogen-bond donors (Lipinski definition) is 0. The van der Waals surface area contributed by atoms with Crippen LogP contribution in [0.1, 0.15) is 32.3 Å². The van der Waals surface area contributed by atoms with E-state index in [1.54, 1.807) is 0 Å². The Morgan fingerprint density at radius 2 is 1.95 bits per heavy atom. The van der Waals surface area contributed by atoms with Gasteiger partial charge in [-0.25, -0.2) is 0 Å². The summed E-state index contributed by atoms with van der Waals surface area (Å²) in [5, 5.41) is 1.51. The molecule has 3 fully saturated rings. The Kier molecular flexibility index (Phi) is 5.34. The molecule has 0 radical (unpaired) electrons. The van der Waals surface area contributed by atoms with Crippen LogP contribution in [0.3, 0.4) is 0 Å². The summed E-state index contributed by atoms with van der Waals surface area (Å²) in [6.45, 7) is 10.5. The molecule has 0 amide bonds. The zero-order chi connectivity index (χ0) is 15.7. The Balaban J connectivity index is 1.77. The molecule has 0 spiro atoms. The predicted molar refractivity (Wildman–Crippen MR) is 94.7 cm³/mol. The van der Waals surface area contributed by atoms with Crippen molar-refractivity contribution in [3.8, 4) is 0 Å². The van der Waals surface area contributed by atoms with E-state index in [2.05, 4.69) is 29.7 Å². The molecule has 0 saturated carbocycles. The summed E-state index contributed by atoms with van der Waals surface area (Å²) in [7, 11) is 0. The topological polar surface area (TPSA) is 6.48 Å². The minimum absolute atomic E-state index is 0.668. The molecule has 3 aliphatic heterocycles. The van der Waals surface area contributed by atoms with Crippen LogP contribution in [-0.2, 0) is 6.54 Å². The maximum absolute atomic E-state index is 6.41. The third kappa shape index (κ3) is 3.79. The predicted octanol–water partition coefficient (Wildman–Crippen LogP) is 4.55. The molecule has 3 saturated heterocycles. The zero-order valence-electron chi connectivity index (χ0n) is 13.6. The smallest absolute Gasteiger partial charge is 0.0465 e. The average Bonchev–Trinajstić information content (AvgIpc) is 2.50. The fraction of sp³-hybridized carbons (Fsp3) is 0.667. The van der Waals surface area contributed by atoms with Crippen molar-refractivity contribution in [2.45, 2.75) is 39.3 Å². The summed E-state index contributed by atoms with van der Waals surface area (Å²) >= 11 is 12.4. The number of benzene rings is 1. The molecule has 1 aromatic carbocycles. The van der Waals surface area contributed by atoms with Gasteiger partial charge in [-0.1, -0.05) is 43.1 Å². The van der Waals surface area contributed by atoms with Gasteiger partial charge in [0.05, 0.1) is 0 Å². The fourth-order valence-corrected chi connectivity index (χ4v) is 4.47. The molecule has 22 heavy (non-hydrogen) atoms. The largest absolute Gasteiger partial charge is 0.302 e. The molecular formula is C18H26Cl2N2. The third-order valence-corrected chi connectivity index (χ3v) is 5.67. The van der Waals surface area contributed by atoms with Gasteiger partial charge in [-0.15, -0.1) is 0 Å². The Labute approximate surface area is 144 Å². The minimum atomic E-state index is 0.668. The first-order chi connectivity index (χ1) is 10.5. The maximum Gasteiger partial charge on any atom is 0.0465 e. The first-order valence-electron chi connectivity index (χ1n) is 8.43. The lowest BCUT2D eigenvalue weighted by Crippen LogP contribution is -2.57. The van der Waals surface area contributed by atoms with E-state index in [0.29, 0.717) is 17.0 Å². The molecular weight excluding hydrogens is 315 g/mol. The highest BCUT2D eigenvalue weighted by molar-refractivity contribution is 6.35. The highest BCUT2D eigenvalue weighted by Crippen LogP contribution is 2.33. The number of fused-ring (bicyclic) bond motifs is 3. The van der Waals surface area contributed by atoms with Crippen molar-refractivity contribution in [1.29, 1.82) is 0 Å². The molecule has 4 heteroatoms. The summed E-state index contributed by atoms with van der Waals surface area (Å²) in [5.74, 6) is 1.52. The molecule has 0 N–H and O–H groups in total. The molecule has 1 atom stereocenters. The lowest BCUT2D eigenvalue weighted by Gasteiger charge is -2.49. The monoisotopic (exact) mass is 340 g/mol. The van der Waals surface area contributed by atoms with Gasteiger partial charge in [0, 0.05) is 35.7 Å². The quantitative estimate of drug-likeness (QED) is 0.775. The fourth-order valence-electron chi connectivity index (χ4n) is 4.00. The van der Waals surface area contributed by atoms with E-state index in [4.69, 9.17) is 23.2 Å². The summed E-state index contributed by atoms with van der Waals surface area (Å²) in [6.07, 6.45) is 2.71. The molecule has 0 aliphatic carbocycles. The summed E-state index contributed by atoms with van der Waals surface area (Å²) < 4.78 is 0. The number of piperidine rings is 3. The summed E-state index contributed by atoms with van der Waals surface area (Å²) in [6, 6.07) is 6.57. The van der Waals surface area contributed by atoms with Gasteiger partial charge in [0.2, 0.25) is 0 Å². The standard InChI is InChI=1S/C18H26Cl2N2/c1-13(2)10-22(11-15-3-4-16(19)9-17(15)20)18-12-21-7-5-14(18)6-8-21/h3-4,9,13-14,18H,5-8,10-12H2,1-2H3/t18-/m1/s1. The van der Waals surface area contributed by atoms with Crippen molar-refractivity contribution < 1.29 is 0 Å². The van der Waals surface area contributed by atoms with Gasteiger partial charge in [0.25, 0.3) is 0 Å². The van der Waals surface area contributed by atoms with E-state index >= 15 is 0 Å². The molecule has 3 aliphatic rings. The van der Waals surface area contributed by atoms with Crippen molar-refractivity contribution in [3.05, 3.63) is 33.8 Å². The molecule has 2 nitrogen and oxygen atoms in total. The Hall–Kier alpha value is -0.280. The average molecular weight is 341 g/mol. The van der Waals surface area contributed by atoms with E-state index in [1.807, 2.05) is 12.1 Å². The van der Waals surface area contributed by atoms with Crippen LogP contribution in [-0.4, -0.2) is 42.0 Å². The van der Waals surface area contributed by atoms with E-state index < -0.39 is 0 Å². The van der Waals surface area contributed by atoms with Gasteiger partial charge in [-0.3, -0.25) is 4.90 Å². The van der Waals surface area contributed by atoms with Gasteiger partial charge in [-0.2, -0.15) is 0 Å². The molecule has 1 aromatic rings. The normalized spacial score (nSPS) is 27.8. The number of halogens is 2. The molecule has 2 bridgehead atoms. The van der Waals surface area contributed by atoms with Gasteiger partial charge < -0.3 is 4.90 Å². The van der Waals surface area contributed by atoms with Crippen molar-refractivity contribution in [3.63, 3.8) is 0 Å². The second kappa shape index (κ2) is 7.09. The van der Waals surface area contributed by atoms with Crippen LogP contribution in [0.25, 0.3) is 0 Å². The molecule has 3 heterocycles. The zero-order valence-corrected chi connectivity index (χ0v) is 15.1. The lowest BCUT2D eigenvalue weighted by atomic mass is 9.82. The molecule has 0 aromatic heterocycles. The van der Waals surface area contributed by atoms with Crippen LogP contribution in [0.2, 0.25) is 10.0 Å². The van der Waals surface area contributed by atoms with Gasteiger partial charge in [0.15, 0.2) is 0 Å². The second-order valence-corrected chi connectivity index (χ2v) is 8.11. The van der Waals surface area contributed by atoms with Crippen LogP contribution in [0.5, 0.6) is 0 Å². The molecule has 122 valence electrons. The summed E-state index contributed by atoms with van der Waals surface area (Å²) in [4.78, 5) is 5.29. The van der Waals surface area contributed by atoms with E-state index in [0.717, 1.165) is 24.0 Å². The van der Waals surface area contributed by atoms with Crippen molar-refractivity contribution in [1.82, 2.24) is 9.80 Å². The Morgan fingerprint density at radius 3 is 2.50 bits per heavy atom. The van der Waals surface area contributed by atoms with Gasteiger partial charge >= 0.3 is 0 Å². The maximum atomic E-state index is 6.41. The van der Waals surface area contributed by atoms with E-state index in [1.165, 1.54) is 38.0 Å². The first kappa shape index (κ1) is 16.6. The van der Waals surface area contributed by atoms with E-state index in [-0.39, 0.29) is 0 Å². The number of hydrogen-bond acceptors (Lipinski definition) is 2. The third-order valence-electron chi connectivity index (χ3n) is 5.08. The number of nitrogens with zero attached hydrogens (tertiary/aromatic N) is 2. The van der Waals surface area contributed by atoms with Crippen LogP contribution in [0.4, 0.5) is 0 Å². The Morgan fingerprint density at radius 1 is 1.23 bits per heavy atom. The molecule has 4 rings (SSSR count). The summed E-state index contributed by atoms with van der Waals surface area (Å²) in [5.41, 5.74) is 1.20. The van der Waals surface area contributed by atoms with Gasteiger partial charge in [0.1, 0.15) is 0 Å². The van der Waals surface area contributed by atoms with Crippen molar-refractivity contribution in [2.24, 2.45) is 11.8 Å². The lowest BCUT2D eigenvalue weighted by molar-refractivity contribution is -0.00338. The van der Waals surface area contributed by atoms with E-state index in [9.17, 15) is 0 Å². The Bertz CT molecular complexity index is 510. The van der Waals surface area contributed by atoms with Gasteiger partial charge in [-0.05, 0) is 55.5 Å². The second-order valence-electron chi connectivity index (χ2n) is 7.26. The first-order valence-corrected chi connectivity index (χ1v) is 9.19.